The molecule has 2 amide bonds. The first-order chi connectivity index (χ1) is 17.9. The number of alkyl halides is 6. The molecule has 2 N–H and O–H groups in total. The van der Waals surface area contributed by atoms with Crippen molar-refractivity contribution in [3.63, 3.8) is 0 Å². The van der Waals surface area contributed by atoms with Crippen molar-refractivity contribution in [3.8, 4) is 0 Å². The van der Waals surface area contributed by atoms with E-state index < -0.39 is 59.9 Å². The molecule has 0 aliphatic heterocycles. The highest BCUT2D eigenvalue weighted by atomic mass is 19.4. The van der Waals surface area contributed by atoms with E-state index in [2.05, 4.69) is 15.6 Å². The molecule has 2 aromatic rings. The van der Waals surface area contributed by atoms with Crippen LogP contribution < -0.4 is 10.6 Å². The van der Waals surface area contributed by atoms with Gasteiger partial charge in [-0.1, -0.05) is 24.3 Å². The lowest BCUT2D eigenvalue weighted by Crippen LogP contribution is -2.49. The first kappa shape index (κ1) is 30.2. The molecule has 6 nitrogen and oxygen atoms in total. The third-order valence-electron chi connectivity index (χ3n) is 6.16. The normalized spacial score (nSPS) is 19.1. The average molecular weight is 560 g/mol. The van der Waals surface area contributed by atoms with Gasteiger partial charge in [0, 0.05) is 19.0 Å². The summed E-state index contributed by atoms with van der Waals surface area (Å²) in [5.41, 5.74) is -0.479. The Bertz CT molecular complexity index is 1160. The van der Waals surface area contributed by atoms with Crippen LogP contribution in [0.4, 0.5) is 31.1 Å². The summed E-state index contributed by atoms with van der Waals surface area (Å²) in [5.74, 6) is -1.36. The molecule has 1 aliphatic rings. The molecule has 1 fully saturated rings. The molecular formula is C27H31F6N3O3. The van der Waals surface area contributed by atoms with Crippen LogP contribution in [0.3, 0.4) is 0 Å². The predicted molar refractivity (Wildman–Crippen MR) is 131 cm³/mol. The molecule has 0 radical (unpaired) electrons. The van der Waals surface area contributed by atoms with Crippen molar-refractivity contribution < 1.29 is 40.7 Å². The van der Waals surface area contributed by atoms with E-state index in [1.54, 1.807) is 39.8 Å². The zero-order valence-electron chi connectivity index (χ0n) is 21.9. The molecule has 12 heteroatoms. The minimum absolute atomic E-state index is 0.175. The summed E-state index contributed by atoms with van der Waals surface area (Å²) in [6.45, 7) is 6.49. The van der Waals surface area contributed by atoms with Crippen LogP contribution in [-0.4, -0.2) is 34.8 Å². The van der Waals surface area contributed by atoms with Crippen LogP contribution in [0.5, 0.6) is 0 Å². The molecule has 0 spiro atoms. The summed E-state index contributed by atoms with van der Waals surface area (Å²) < 4.78 is 82.6. The van der Waals surface area contributed by atoms with Crippen molar-refractivity contribution in [1.29, 1.82) is 0 Å². The van der Waals surface area contributed by atoms with Crippen molar-refractivity contribution in [2.75, 3.05) is 0 Å². The molecule has 0 bridgehead atoms. The number of halogens is 6. The third kappa shape index (κ3) is 9.43. The van der Waals surface area contributed by atoms with Crippen molar-refractivity contribution in [2.45, 2.75) is 82.9 Å². The van der Waals surface area contributed by atoms with Crippen LogP contribution in [-0.2, 0) is 22.1 Å². The van der Waals surface area contributed by atoms with E-state index in [1.165, 1.54) is 18.3 Å². The molecule has 39 heavy (non-hydrogen) atoms. The number of pyridine rings is 1. The molecule has 1 aromatic heterocycles. The Labute approximate surface area is 222 Å². The number of carbonyl (C=O) groups is 2. The van der Waals surface area contributed by atoms with Gasteiger partial charge < -0.3 is 15.4 Å². The van der Waals surface area contributed by atoms with Gasteiger partial charge >= 0.3 is 18.4 Å². The number of nitrogens with one attached hydrogen (secondary N) is 2. The number of hydrogen-bond acceptors (Lipinski definition) is 4. The summed E-state index contributed by atoms with van der Waals surface area (Å²) >= 11 is 0. The fourth-order valence-corrected chi connectivity index (χ4v) is 4.23. The Morgan fingerprint density at radius 3 is 2.31 bits per heavy atom. The van der Waals surface area contributed by atoms with Gasteiger partial charge in [-0.3, -0.25) is 9.78 Å². The van der Waals surface area contributed by atoms with Gasteiger partial charge in [-0.05, 0) is 69.2 Å². The van der Waals surface area contributed by atoms with E-state index in [1.807, 2.05) is 0 Å². The molecule has 1 heterocycles. The Balaban J connectivity index is 1.70. The smallest absolute Gasteiger partial charge is 0.416 e. The number of hydrogen-bond donors (Lipinski definition) is 2. The van der Waals surface area contributed by atoms with Crippen molar-refractivity contribution in [2.24, 2.45) is 5.92 Å². The van der Waals surface area contributed by atoms with Gasteiger partial charge in [-0.15, -0.1) is 0 Å². The summed E-state index contributed by atoms with van der Waals surface area (Å²) in [7, 11) is 0. The van der Waals surface area contributed by atoms with E-state index in [4.69, 9.17) is 4.74 Å². The van der Waals surface area contributed by atoms with Gasteiger partial charge in [0.05, 0.1) is 17.3 Å². The SMILES string of the molecule is C[C@@H](NC(=O)[C@@H](Cc1cccc(C(F)(F)F)c1)NC(=O)OC(C)(C)C)c1ccc(C2CC2CC(F)(F)F)cn1. The Kier molecular flexibility index (Phi) is 8.86. The Morgan fingerprint density at radius 1 is 1.05 bits per heavy atom. The van der Waals surface area contributed by atoms with Crippen LogP contribution in [0, 0.1) is 5.92 Å². The van der Waals surface area contributed by atoms with Gasteiger partial charge in [-0.25, -0.2) is 4.79 Å². The molecule has 1 aromatic carbocycles. The second kappa shape index (κ2) is 11.4. The topological polar surface area (TPSA) is 80.3 Å². The highest BCUT2D eigenvalue weighted by Crippen LogP contribution is 2.52. The van der Waals surface area contributed by atoms with Crippen LogP contribution in [0.2, 0.25) is 0 Å². The van der Waals surface area contributed by atoms with E-state index in [0.717, 1.165) is 12.1 Å². The summed E-state index contributed by atoms with van der Waals surface area (Å²) in [5, 5.41) is 5.12. The number of ether oxygens (including phenoxy) is 1. The predicted octanol–water partition coefficient (Wildman–Crippen LogP) is 6.47. The van der Waals surface area contributed by atoms with Crippen LogP contribution >= 0.6 is 0 Å². The summed E-state index contributed by atoms with van der Waals surface area (Å²) in [6, 6.07) is 5.79. The Morgan fingerprint density at radius 2 is 1.74 bits per heavy atom. The van der Waals surface area contributed by atoms with Crippen LogP contribution in [0.25, 0.3) is 0 Å². The van der Waals surface area contributed by atoms with Gasteiger partial charge in [0.2, 0.25) is 5.91 Å². The Hall–Kier alpha value is -3.31. The second-order valence-corrected chi connectivity index (χ2v) is 10.8. The lowest BCUT2D eigenvalue weighted by atomic mass is 10.0. The third-order valence-corrected chi connectivity index (χ3v) is 6.16. The lowest BCUT2D eigenvalue weighted by molar-refractivity contribution is -0.139. The molecule has 1 aliphatic carbocycles. The lowest BCUT2D eigenvalue weighted by Gasteiger charge is -2.24. The molecule has 2 unspecified atom stereocenters. The number of nitrogens with zero attached hydrogens (tertiary/aromatic N) is 1. The molecule has 3 rings (SSSR count). The number of alkyl carbamates (subject to hydrolysis) is 1. The highest BCUT2D eigenvalue weighted by Gasteiger charge is 2.45. The molecule has 1 saturated carbocycles. The van der Waals surface area contributed by atoms with Gasteiger partial charge in [-0.2, -0.15) is 26.3 Å². The van der Waals surface area contributed by atoms with Crippen molar-refractivity contribution in [1.82, 2.24) is 15.6 Å². The monoisotopic (exact) mass is 559 g/mol. The van der Waals surface area contributed by atoms with E-state index in [9.17, 15) is 35.9 Å². The number of aromatic nitrogens is 1. The number of rotatable bonds is 8. The van der Waals surface area contributed by atoms with Gasteiger partial charge in [0.25, 0.3) is 0 Å². The van der Waals surface area contributed by atoms with Crippen LogP contribution in [0.1, 0.15) is 74.9 Å². The fourth-order valence-electron chi connectivity index (χ4n) is 4.23. The first-order valence-corrected chi connectivity index (χ1v) is 12.4. The van der Waals surface area contributed by atoms with Crippen molar-refractivity contribution >= 4 is 12.0 Å². The quantitative estimate of drug-likeness (QED) is 0.364. The number of carbonyl (C=O) groups excluding carboxylic acids is 2. The zero-order chi connectivity index (χ0) is 29.2. The second-order valence-electron chi connectivity index (χ2n) is 10.8. The standard InChI is InChI=1S/C27H31F6N3O3/c1-15(21-9-8-17(14-34-21)20-12-18(20)13-26(28,29)30)35-23(37)22(36-24(38)39-25(2,3)4)11-16-6-5-7-19(10-16)27(31,32)33/h5-10,14-15,18,20,22H,11-13H2,1-4H3,(H,35,37)(H,36,38)/t15-,18?,20?,22-/m1/s1. The molecule has 0 saturated heterocycles. The molecule has 4 atom stereocenters. The zero-order valence-corrected chi connectivity index (χ0v) is 21.9. The first-order valence-electron chi connectivity index (χ1n) is 12.4. The van der Waals surface area contributed by atoms with Crippen LogP contribution in [0.15, 0.2) is 42.6 Å². The molecular weight excluding hydrogens is 528 g/mol. The maximum atomic E-state index is 13.2. The largest absolute Gasteiger partial charge is 0.444 e. The summed E-state index contributed by atoms with van der Waals surface area (Å²) in [4.78, 5) is 29.8. The van der Waals surface area contributed by atoms with E-state index >= 15 is 0 Å². The van der Waals surface area contributed by atoms with E-state index in [-0.39, 0.29) is 17.9 Å². The minimum atomic E-state index is -4.58. The van der Waals surface area contributed by atoms with Crippen molar-refractivity contribution in [3.05, 3.63) is 65.0 Å². The maximum Gasteiger partial charge on any atom is 0.416 e. The fraction of sp³-hybridized carbons (Fsp3) is 0.519. The number of benzene rings is 1. The van der Waals surface area contributed by atoms with E-state index in [0.29, 0.717) is 17.7 Å². The minimum Gasteiger partial charge on any atom is -0.444 e. The highest BCUT2D eigenvalue weighted by molar-refractivity contribution is 5.86. The maximum absolute atomic E-state index is 13.2. The average Bonchev–Trinajstić information content (AvgIpc) is 3.54. The molecule has 214 valence electrons. The van der Waals surface area contributed by atoms with Gasteiger partial charge in [0.1, 0.15) is 11.6 Å². The number of amides is 2. The summed E-state index contributed by atoms with van der Waals surface area (Å²) in [6.07, 6.45) is -8.88. The van der Waals surface area contributed by atoms with Gasteiger partial charge in [0.15, 0.2) is 0 Å².